The Kier molecular flexibility index (Phi) is 6.00. The maximum Gasteiger partial charge on any atom is 0.407 e. The fraction of sp³-hybridized carbons (Fsp3) is 0.478. The number of carbonyl (C=O) groups excluding carboxylic acids is 4. The summed E-state index contributed by atoms with van der Waals surface area (Å²) in [5.74, 6) is -5.22. The second-order valence-electron chi connectivity index (χ2n) is 9.22. The molecular formula is C23H23F3N5O5+. The number of fused-ring (bicyclic) bond motifs is 1. The van der Waals surface area contributed by atoms with Gasteiger partial charge in [0, 0.05) is 25.1 Å². The Bertz CT molecular complexity index is 1240. The van der Waals surface area contributed by atoms with Gasteiger partial charge in [-0.1, -0.05) is 16.8 Å². The minimum atomic E-state index is -2.75. The average molecular weight is 506 g/mol. The van der Waals surface area contributed by atoms with Crippen molar-refractivity contribution in [1.82, 2.24) is 15.5 Å². The first-order valence-corrected chi connectivity index (χ1v) is 11.5. The lowest BCUT2D eigenvalue weighted by Crippen LogP contribution is -2.52. The zero-order valence-corrected chi connectivity index (χ0v) is 19.1. The highest BCUT2D eigenvalue weighted by Crippen LogP contribution is 2.31. The second-order valence-corrected chi connectivity index (χ2v) is 9.22. The summed E-state index contributed by atoms with van der Waals surface area (Å²) in [4.78, 5) is 49.8. The quantitative estimate of drug-likeness (QED) is 0.463. The van der Waals surface area contributed by atoms with E-state index in [1.54, 1.807) is 6.07 Å². The van der Waals surface area contributed by atoms with Gasteiger partial charge in [0.1, 0.15) is 24.2 Å². The van der Waals surface area contributed by atoms with Gasteiger partial charge < -0.3 is 15.0 Å². The van der Waals surface area contributed by atoms with E-state index >= 15 is 4.39 Å². The summed E-state index contributed by atoms with van der Waals surface area (Å²) >= 11 is 0. The normalized spacial score (nSPS) is 22.8. The maximum atomic E-state index is 15.2. The summed E-state index contributed by atoms with van der Waals surface area (Å²) in [7, 11) is 0. The number of piperidine rings is 1. The van der Waals surface area contributed by atoms with E-state index in [1.807, 2.05) is 0 Å². The van der Waals surface area contributed by atoms with Crippen LogP contribution in [0.4, 0.5) is 18.0 Å². The predicted octanol–water partition coefficient (Wildman–Crippen LogP) is 1.46. The van der Waals surface area contributed by atoms with Gasteiger partial charge in [0.15, 0.2) is 12.3 Å². The summed E-state index contributed by atoms with van der Waals surface area (Å²) < 4.78 is 48.9. The number of alkyl carbamates (subject to hydrolysis) is 1. The summed E-state index contributed by atoms with van der Waals surface area (Å²) in [6, 6.07) is 2.13. The standard InChI is InChI=1S/C23H22F3N5O5/c24-19-12(1-2-13-10-30(21(34)18(13)19)16-3-4-17(32)28-20(16)33)9-27-22(35)36-11-14-7-15-8-23(25,26)5-6-31(15)29-14/h1-2,16H,3-11H2,(H-,27,28,32,33,35)/p+1. The van der Waals surface area contributed by atoms with Crippen LogP contribution in [0.5, 0.6) is 0 Å². The molecule has 1 aromatic rings. The molecule has 0 saturated carbocycles. The van der Waals surface area contributed by atoms with E-state index in [2.05, 4.69) is 15.7 Å². The van der Waals surface area contributed by atoms with E-state index in [4.69, 9.17) is 4.74 Å². The number of hydrazone groups is 1. The van der Waals surface area contributed by atoms with Crippen molar-refractivity contribution >= 4 is 35.2 Å². The Morgan fingerprint density at radius 3 is 2.89 bits per heavy atom. The number of nitrogens with zero attached hydrogens (tertiary/aromatic N) is 3. The zero-order valence-electron chi connectivity index (χ0n) is 19.1. The van der Waals surface area contributed by atoms with Crippen LogP contribution in [-0.2, 0) is 27.4 Å². The van der Waals surface area contributed by atoms with Crippen molar-refractivity contribution in [3.05, 3.63) is 34.6 Å². The molecule has 0 spiro atoms. The Morgan fingerprint density at radius 1 is 1.31 bits per heavy atom. The molecule has 4 heterocycles. The molecule has 0 aromatic heterocycles. The minimum absolute atomic E-state index is 0.0389. The highest BCUT2D eigenvalue weighted by atomic mass is 19.3. The van der Waals surface area contributed by atoms with Gasteiger partial charge in [0.05, 0.1) is 24.8 Å². The van der Waals surface area contributed by atoms with Gasteiger partial charge in [-0.3, -0.25) is 19.7 Å². The number of halogens is 3. The SMILES string of the molecule is O=C1CCC(N2Cc3ccc(CNC(=O)OCC4=N[N+]5=C(C4)CC(F)(F)CC5)c(F)c3C2=O)C(=O)N1. The monoisotopic (exact) mass is 506 g/mol. The van der Waals surface area contributed by atoms with Crippen LogP contribution in [0.15, 0.2) is 17.2 Å². The number of hydrogen-bond acceptors (Lipinski definition) is 6. The lowest BCUT2D eigenvalue weighted by atomic mass is 10.0. The average Bonchev–Trinajstić information content (AvgIpc) is 3.37. The number of ether oxygens (including phenoxy) is 1. The molecule has 0 aliphatic carbocycles. The van der Waals surface area contributed by atoms with Gasteiger partial charge in [-0.2, -0.15) is 0 Å². The van der Waals surface area contributed by atoms with E-state index in [9.17, 15) is 28.0 Å². The minimum Gasteiger partial charge on any atom is -0.443 e. The van der Waals surface area contributed by atoms with Crippen molar-refractivity contribution in [2.75, 3.05) is 13.2 Å². The van der Waals surface area contributed by atoms with Crippen LogP contribution in [-0.4, -0.2) is 69.9 Å². The van der Waals surface area contributed by atoms with Crippen molar-refractivity contribution in [2.45, 2.75) is 57.2 Å². The topological polar surface area (TPSA) is 120 Å². The van der Waals surface area contributed by atoms with E-state index in [0.29, 0.717) is 17.0 Å². The molecule has 10 nitrogen and oxygen atoms in total. The molecular weight excluding hydrogens is 483 g/mol. The molecule has 190 valence electrons. The Hall–Kier alpha value is -3.77. The molecule has 1 aromatic carbocycles. The zero-order chi connectivity index (χ0) is 25.6. The summed E-state index contributed by atoms with van der Waals surface area (Å²) in [6.07, 6.45) is -1.05. The third-order valence-electron chi connectivity index (χ3n) is 6.69. The van der Waals surface area contributed by atoms with Gasteiger partial charge in [-0.25, -0.2) is 18.0 Å². The van der Waals surface area contributed by atoms with Gasteiger partial charge in [-0.15, -0.1) is 0 Å². The summed E-state index contributed by atoms with van der Waals surface area (Å²) in [5.41, 5.74) is 1.23. The van der Waals surface area contributed by atoms with Crippen molar-refractivity contribution in [2.24, 2.45) is 5.10 Å². The summed E-state index contributed by atoms with van der Waals surface area (Å²) in [5, 5.41) is 8.81. The van der Waals surface area contributed by atoms with Gasteiger partial charge in [0.2, 0.25) is 11.8 Å². The highest BCUT2D eigenvalue weighted by Gasteiger charge is 2.44. The lowest BCUT2D eigenvalue weighted by Gasteiger charge is -2.29. The van der Waals surface area contributed by atoms with Crippen molar-refractivity contribution in [3.63, 3.8) is 0 Å². The molecule has 4 amide bonds. The number of benzene rings is 1. The lowest BCUT2D eigenvalue weighted by molar-refractivity contribution is -0.541. The molecule has 1 saturated heterocycles. The van der Waals surface area contributed by atoms with E-state index < -0.39 is 41.6 Å². The second kappa shape index (κ2) is 9.03. The van der Waals surface area contributed by atoms with Crippen LogP contribution in [0.3, 0.4) is 0 Å². The van der Waals surface area contributed by atoms with E-state index in [-0.39, 0.29) is 69.5 Å². The fourth-order valence-electron chi connectivity index (χ4n) is 4.86. The van der Waals surface area contributed by atoms with Crippen LogP contribution in [0, 0.1) is 5.82 Å². The third-order valence-corrected chi connectivity index (χ3v) is 6.69. The molecule has 1 atom stereocenters. The van der Waals surface area contributed by atoms with Crippen molar-refractivity contribution < 1.29 is 41.8 Å². The van der Waals surface area contributed by atoms with Crippen LogP contribution in [0.1, 0.15) is 53.6 Å². The number of hydrogen-bond donors (Lipinski definition) is 2. The number of amides is 4. The van der Waals surface area contributed by atoms with Crippen LogP contribution in [0.2, 0.25) is 0 Å². The summed E-state index contributed by atoms with van der Waals surface area (Å²) in [6.45, 7) is -0.304. The number of nitrogens with one attached hydrogen (secondary N) is 2. The van der Waals surface area contributed by atoms with E-state index in [0.717, 1.165) is 0 Å². The number of imide groups is 1. The molecule has 36 heavy (non-hydrogen) atoms. The van der Waals surface area contributed by atoms with Crippen LogP contribution in [0.25, 0.3) is 0 Å². The largest absolute Gasteiger partial charge is 0.443 e. The number of rotatable bonds is 5. The smallest absolute Gasteiger partial charge is 0.407 e. The molecule has 1 unspecified atom stereocenters. The molecule has 2 N–H and O–H groups in total. The fourth-order valence-corrected chi connectivity index (χ4v) is 4.86. The van der Waals surface area contributed by atoms with Crippen molar-refractivity contribution in [3.8, 4) is 0 Å². The molecule has 0 bridgehead atoms. The number of carbonyl (C=O) groups is 4. The Labute approximate surface area is 203 Å². The van der Waals surface area contributed by atoms with Gasteiger partial charge >= 0.3 is 6.09 Å². The molecule has 5 rings (SSSR count). The molecule has 4 aliphatic rings. The van der Waals surface area contributed by atoms with Crippen LogP contribution < -0.4 is 10.6 Å². The van der Waals surface area contributed by atoms with E-state index in [1.165, 1.54) is 15.7 Å². The third kappa shape index (κ3) is 4.56. The molecule has 1 fully saturated rings. The van der Waals surface area contributed by atoms with Crippen molar-refractivity contribution in [1.29, 1.82) is 0 Å². The van der Waals surface area contributed by atoms with Gasteiger partial charge in [0.25, 0.3) is 11.8 Å². The predicted molar refractivity (Wildman–Crippen MR) is 117 cm³/mol. The Balaban J connectivity index is 1.15. The first-order chi connectivity index (χ1) is 17.1. The molecule has 0 radical (unpaired) electrons. The molecule has 13 heteroatoms. The van der Waals surface area contributed by atoms with Crippen LogP contribution >= 0.6 is 0 Å². The maximum absolute atomic E-state index is 15.2. The first kappa shape index (κ1) is 23.9. The Morgan fingerprint density at radius 2 is 2.11 bits per heavy atom. The highest BCUT2D eigenvalue weighted by molar-refractivity contribution is 6.06. The number of alkyl halides is 2. The molecule has 4 aliphatic heterocycles. The first-order valence-electron chi connectivity index (χ1n) is 11.5. The van der Waals surface area contributed by atoms with Gasteiger partial charge in [-0.05, 0) is 17.1 Å².